The molecule has 2 fully saturated rings. The summed E-state index contributed by atoms with van der Waals surface area (Å²) in [6.45, 7) is 2.07. The molecule has 1 aromatic carbocycles. The van der Waals surface area contributed by atoms with Gasteiger partial charge in [0.15, 0.2) is 5.69 Å². The molecule has 2 aliphatic rings. The largest absolute Gasteiger partial charge is 0.360 e. The Morgan fingerprint density at radius 1 is 1.35 bits per heavy atom. The number of aromatic nitrogens is 1. The van der Waals surface area contributed by atoms with E-state index in [2.05, 4.69) is 10.5 Å². The minimum atomic E-state index is -0.0916. The Bertz CT molecular complexity index is 726. The predicted octanol–water partition coefficient (Wildman–Crippen LogP) is 2.99. The van der Waals surface area contributed by atoms with Crippen LogP contribution in [0.5, 0.6) is 0 Å². The summed E-state index contributed by atoms with van der Waals surface area (Å²) in [5.74, 6) is 1.19. The fraction of sp³-hybridized carbons (Fsp3) is 0.412. The van der Waals surface area contributed by atoms with Crippen LogP contribution in [0.25, 0.3) is 0 Å². The minimum absolute atomic E-state index is 0.0907. The quantitative estimate of drug-likeness (QED) is 0.939. The van der Waals surface area contributed by atoms with Crippen molar-refractivity contribution in [3.63, 3.8) is 0 Å². The van der Waals surface area contributed by atoms with Crippen LogP contribution < -0.4 is 5.32 Å². The molecule has 1 atom stereocenters. The highest BCUT2D eigenvalue weighted by Gasteiger charge is 2.33. The van der Waals surface area contributed by atoms with Gasteiger partial charge in [-0.2, -0.15) is 0 Å². The summed E-state index contributed by atoms with van der Waals surface area (Å²) in [6, 6.07) is 9.37. The van der Waals surface area contributed by atoms with Crippen molar-refractivity contribution in [1.82, 2.24) is 15.4 Å². The van der Waals surface area contributed by atoms with Gasteiger partial charge in [0, 0.05) is 36.6 Å². The second-order valence-corrected chi connectivity index (χ2v) is 6.54. The van der Waals surface area contributed by atoms with Crippen LogP contribution in [0.1, 0.15) is 46.6 Å². The summed E-state index contributed by atoms with van der Waals surface area (Å²) in [7, 11) is 0. The number of nitrogens with zero attached hydrogens (tertiary/aromatic N) is 2. The molecule has 23 heavy (non-hydrogen) atoms. The van der Waals surface area contributed by atoms with Gasteiger partial charge in [-0.3, -0.25) is 4.79 Å². The number of amides is 1. The van der Waals surface area contributed by atoms with Crippen LogP contribution in [0.15, 0.2) is 34.9 Å². The van der Waals surface area contributed by atoms with Gasteiger partial charge in [0.2, 0.25) is 0 Å². The Balaban J connectivity index is 1.61. The van der Waals surface area contributed by atoms with Crippen molar-refractivity contribution in [2.45, 2.75) is 24.8 Å². The highest BCUT2D eigenvalue weighted by Crippen LogP contribution is 2.40. The molecule has 1 aromatic heterocycles. The third-order valence-corrected chi connectivity index (χ3v) is 4.84. The monoisotopic (exact) mass is 331 g/mol. The van der Waals surface area contributed by atoms with E-state index in [0.717, 1.165) is 30.7 Å². The van der Waals surface area contributed by atoms with Crippen molar-refractivity contribution in [2.75, 3.05) is 19.6 Å². The van der Waals surface area contributed by atoms with Gasteiger partial charge in [-0.15, -0.1) is 0 Å². The van der Waals surface area contributed by atoms with Crippen LogP contribution in [0.2, 0.25) is 5.02 Å². The Hall–Kier alpha value is -1.85. The van der Waals surface area contributed by atoms with Crippen molar-refractivity contribution in [1.29, 1.82) is 0 Å². The standard InChI is InChI=1S/C17H18ClN3O2/c18-13-4-2-1-3-12(13)15-10-19-7-8-21(15)17(22)14-9-16(23-20-14)11-5-6-11/h1-4,9,11,15,19H,5-8,10H2. The number of piperazine rings is 1. The van der Waals surface area contributed by atoms with Crippen LogP contribution in [0.4, 0.5) is 0 Å². The molecule has 1 aliphatic carbocycles. The Morgan fingerprint density at radius 2 is 2.17 bits per heavy atom. The summed E-state index contributed by atoms with van der Waals surface area (Å²) >= 11 is 6.33. The summed E-state index contributed by atoms with van der Waals surface area (Å²) in [5.41, 5.74) is 1.35. The van der Waals surface area contributed by atoms with E-state index in [1.54, 1.807) is 6.07 Å². The summed E-state index contributed by atoms with van der Waals surface area (Å²) in [5, 5.41) is 8.00. The molecule has 1 unspecified atom stereocenters. The summed E-state index contributed by atoms with van der Waals surface area (Å²) in [4.78, 5) is 14.7. The van der Waals surface area contributed by atoms with Gasteiger partial charge in [-0.05, 0) is 24.5 Å². The molecular weight excluding hydrogens is 314 g/mol. The van der Waals surface area contributed by atoms with E-state index in [-0.39, 0.29) is 11.9 Å². The molecule has 1 saturated heterocycles. The molecule has 1 amide bonds. The highest BCUT2D eigenvalue weighted by atomic mass is 35.5. The van der Waals surface area contributed by atoms with Crippen molar-refractivity contribution < 1.29 is 9.32 Å². The maximum atomic E-state index is 12.9. The molecule has 1 aliphatic heterocycles. The molecule has 1 saturated carbocycles. The van der Waals surface area contributed by atoms with E-state index < -0.39 is 0 Å². The number of hydrogen-bond acceptors (Lipinski definition) is 4. The second-order valence-electron chi connectivity index (χ2n) is 6.13. The number of carbonyl (C=O) groups excluding carboxylic acids is 1. The first kappa shape index (κ1) is 14.7. The van der Waals surface area contributed by atoms with Crippen molar-refractivity contribution in [3.05, 3.63) is 52.4 Å². The van der Waals surface area contributed by atoms with Crippen LogP contribution in [0, 0.1) is 0 Å². The Morgan fingerprint density at radius 3 is 2.96 bits per heavy atom. The predicted molar refractivity (Wildman–Crippen MR) is 86.6 cm³/mol. The van der Waals surface area contributed by atoms with Crippen molar-refractivity contribution in [2.24, 2.45) is 0 Å². The first-order chi connectivity index (χ1) is 11.2. The molecule has 6 heteroatoms. The first-order valence-electron chi connectivity index (χ1n) is 7.97. The van der Waals surface area contributed by atoms with Gasteiger partial charge >= 0.3 is 0 Å². The molecule has 0 spiro atoms. The molecule has 1 N–H and O–H groups in total. The zero-order valence-corrected chi connectivity index (χ0v) is 13.4. The zero-order chi connectivity index (χ0) is 15.8. The molecule has 2 heterocycles. The molecule has 120 valence electrons. The fourth-order valence-electron chi connectivity index (χ4n) is 3.07. The van der Waals surface area contributed by atoms with Crippen LogP contribution in [-0.4, -0.2) is 35.6 Å². The average molecular weight is 332 g/mol. The smallest absolute Gasteiger partial charge is 0.276 e. The minimum Gasteiger partial charge on any atom is -0.360 e. The summed E-state index contributed by atoms with van der Waals surface area (Å²) in [6.07, 6.45) is 2.25. The van der Waals surface area contributed by atoms with E-state index >= 15 is 0 Å². The lowest BCUT2D eigenvalue weighted by Crippen LogP contribution is -2.48. The molecule has 5 nitrogen and oxygen atoms in total. The lowest BCUT2D eigenvalue weighted by atomic mass is 10.0. The molecule has 4 rings (SSSR count). The lowest BCUT2D eigenvalue weighted by molar-refractivity contribution is 0.0624. The number of benzene rings is 1. The third kappa shape index (κ3) is 2.86. The van der Waals surface area contributed by atoms with Crippen molar-refractivity contribution in [3.8, 4) is 0 Å². The summed E-state index contributed by atoms with van der Waals surface area (Å²) < 4.78 is 5.33. The van der Waals surface area contributed by atoms with Crippen LogP contribution in [0.3, 0.4) is 0 Å². The van der Waals surface area contributed by atoms with E-state index in [1.807, 2.05) is 29.2 Å². The zero-order valence-electron chi connectivity index (χ0n) is 12.7. The fourth-order valence-corrected chi connectivity index (χ4v) is 3.33. The SMILES string of the molecule is O=C(c1cc(C2CC2)on1)N1CCNCC1c1ccccc1Cl. The third-order valence-electron chi connectivity index (χ3n) is 4.50. The Labute approximate surface area is 139 Å². The normalized spacial score (nSPS) is 21.4. The van der Waals surface area contributed by atoms with E-state index in [4.69, 9.17) is 16.1 Å². The van der Waals surface area contributed by atoms with Gasteiger partial charge in [0.05, 0.1) is 6.04 Å². The van der Waals surface area contributed by atoms with E-state index in [1.165, 1.54) is 0 Å². The maximum absolute atomic E-state index is 12.9. The second kappa shape index (κ2) is 5.98. The van der Waals surface area contributed by atoms with Gasteiger partial charge < -0.3 is 14.7 Å². The number of nitrogens with one attached hydrogen (secondary N) is 1. The number of carbonyl (C=O) groups is 1. The molecule has 0 radical (unpaired) electrons. The van der Waals surface area contributed by atoms with Gasteiger partial charge in [-0.1, -0.05) is 35.0 Å². The number of rotatable bonds is 3. The van der Waals surface area contributed by atoms with Crippen LogP contribution in [-0.2, 0) is 0 Å². The van der Waals surface area contributed by atoms with E-state index in [0.29, 0.717) is 29.7 Å². The maximum Gasteiger partial charge on any atom is 0.276 e. The van der Waals surface area contributed by atoms with Gasteiger partial charge in [0.1, 0.15) is 5.76 Å². The Kier molecular flexibility index (Phi) is 3.83. The lowest BCUT2D eigenvalue weighted by Gasteiger charge is -2.36. The topological polar surface area (TPSA) is 58.4 Å². The van der Waals surface area contributed by atoms with E-state index in [9.17, 15) is 4.79 Å². The van der Waals surface area contributed by atoms with Crippen LogP contribution >= 0.6 is 11.6 Å². The van der Waals surface area contributed by atoms with Gasteiger partial charge in [0.25, 0.3) is 5.91 Å². The average Bonchev–Trinajstić information content (AvgIpc) is 3.32. The number of halogens is 1. The number of hydrogen-bond donors (Lipinski definition) is 1. The highest BCUT2D eigenvalue weighted by molar-refractivity contribution is 6.31. The molecular formula is C17H18ClN3O2. The molecule has 0 bridgehead atoms. The van der Waals surface area contributed by atoms with Crippen molar-refractivity contribution >= 4 is 17.5 Å². The molecule has 2 aromatic rings. The first-order valence-corrected chi connectivity index (χ1v) is 8.34. The van der Waals surface area contributed by atoms with Gasteiger partial charge in [-0.25, -0.2) is 0 Å².